The first-order valence-electron chi connectivity index (χ1n) is 6.40. The van der Waals surface area contributed by atoms with Crippen LogP contribution in [0.25, 0.3) is 0 Å². The van der Waals surface area contributed by atoms with Crippen molar-refractivity contribution in [3.05, 3.63) is 16.1 Å². The zero-order chi connectivity index (χ0) is 13.1. The predicted octanol–water partition coefficient (Wildman–Crippen LogP) is 4.06. The first-order valence-corrected chi connectivity index (χ1v) is 7.16. The van der Waals surface area contributed by atoms with Crippen molar-refractivity contribution in [2.45, 2.75) is 26.2 Å². The van der Waals surface area contributed by atoms with Crippen LogP contribution in [0.15, 0.2) is 6.07 Å². The molecule has 1 fully saturated rings. The molecule has 3 nitrogen and oxygen atoms in total. The second-order valence-corrected chi connectivity index (χ2v) is 5.71. The van der Waals surface area contributed by atoms with Crippen LogP contribution < -0.4 is 10.2 Å². The first kappa shape index (κ1) is 13.8. The summed E-state index contributed by atoms with van der Waals surface area (Å²) in [6.45, 7) is 4.33. The Bertz CT molecular complexity index is 423. The van der Waals surface area contributed by atoms with Gasteiger partial charge in [0.05, 0.1) is 10.0 Å². The van der Waals surface area contributed by atoms with Crippen LogP contribution in [0.5, 0.6) is 0 Å². The maximum Gasteiger partial charge on any atom is 0.149 e. The Morgan fingerprint density at radius 1 is 1.28 bits per heavy atom. The van der Waals surface area contributed by atoms with E-state index in [1.54, 1.807) is 6.07 Å². The van der Waals surface area contributed by atoms with Crippen LogP contribution in [0.2, 0.25) is 10.0 Å². The SMILES string of the molecule is CNc1nc(N2CCCC(C)CC2)c(Cl)cc1Cl. The van der Waals surface area contributed by atoms with Gasteiger partial charge < -0.3 is 10.2 Å². The molecule has 1 atom stereocenters. The summed E-state index contributed by atoms with van der Waals surface area (Å²) in [6, 6.07) is 1.77. The maximum atomic E-state index is 6.27. The van der Waals surface area contributed by atoms with E-state index in [0.717, 1.165) is 24.8 Å². The molecule has 1 N–H and O–H groups in total. The quantitative estimate of drug-likeness (QED) is 0.889. The standard InChI is InChI=1S/C13H19Cl2N3/c1-9-4-3-6-18(7-5-9)13-11(15)8-10(14)12(16-2)17-13/h8-9H,3-7H2,1-2H3,(H,16,17). The molecule has 0 radical (unpaired) electrons. The molecule has 0 saturated carbocycles. The molecule has 100 valence electrons. The fourth-order valence-electron chi connectivity index (χ4n) is 2.33. The molecule has 0 spiro atoms. The molecule has 1 aromatic rings. The van der Waals surface area contributed by atoms with Gasteiger partial charge in [0, 0.05) is 20.1 Å². The Hall–Kier alpha value is -0.670. The first-order chi connectivity index (χ1) is 8.61. The minimum atomic E-state index is 0.564. The van der Waals surface area contributed by atoms with Gasteiger partial charge in [0.25, 0.3) is 0 Å². The fraction of sp³-hybridized carbons (Fsp3) is 0.615. The minimum Gasteiger partial charge on any atom is -0.372 e. The van der Waals surface area contributed by atoms with Crippen LogP contribution in [-0.2, 0) is 0 Å². The van der Waals surface area contributed by atoms with Crippen molar-refractivity contribution >= 4 is 34.8 Å². The van der Waals surface area contributed by atoms with Crippen molar-refractivity contribution in [3.63, 3.8) is 0 Å². The third kappa shape index (κ3) is 3.01. The van der Waals surface area contributed by atoms with Crippen molar-refractivity contribution in [2.75, 3.05) is 30.4 Å². The molecule has 2 rings (SSSR count). The van der Waals surface area contributed by atoms with Crippen LogP contribution in [-0.4, -0.2) is 25.1 Å². The van der Waals surface area contributed by atoms with Crippen LogP contribution in [0.3, 0.4) is 0 Å². The molecule has 1 aromatic heterocycles. The summed E-state index contributed by atoms with van der Waals surface area (Å²) in [5.41, 5.74) is 0. The zero-order valence-electron chi connectivity index (χ0n) is 10.8. The van der Waals surface area contributed by atoms with E-state index in [1.807, 2.05) is 7.05 Å². The highest BCUT2D eigenvalue weighted by Crippen LogP contribution is 2.32. The highest BCUT2D eigenvalue weighted by molar-refractivity contribution is 6.37. The summed E-state index contributed by atoms with van der Waals surface area (Å²) >= 11 is 12.3. The molecule has 1 aliphatic heterocycles. The number of hydrogen-bond donors (Lipinski definition) is 1. The maximum absolute atomic E-state index is 6.27. The Morgan fingerprint density at radius 3 is 2.78 bits per heavy atom. The lowest BCUT2D eigenvalue weighted by Crippen LogP contribution is -2.25. The summed E-state index contributed by atoms with van der Waals surface area (Å²) < 4.78 is 0. The molecular formula is C13H19Cl2N3. The molecule has 18 heavy (non-hydrogen) atoms. The number of halogens is 2. The molecule has 0 aliphatic carbocycles. The molecule has 1 saturated heterocycles. The number of nitrogens with one attached hydrogen (secondary N) is 1. The second-order valence-electron chi connectivity index (χ2n) is 4.90. The van der Waals surface area contributed by atoms with Gasteiger partial charge in [-0.05, 0) is 31.2 Å². The van der Waals surface area contributed by atoms with Crippen molar-refractivity contribution in [1.29, 1.82) is 0 Å². The van der Waals surface area contributed by atoms with Gasteiger partial charge in [0.2, 0.25) is 0 Å². The summed E-state index contributed by atoms with van der Waals surface area (Å²) in [5.74, 6) is 2.32. The highest BCUT2D eigenvalue weighted by Gasteiger charge is 2.18. The number of rotatable bonds is 2. The largest absolute Gasteiger partial charge is 0.372 e. The van der Waals surface area contributed by atoms with E-state index in [4.69, 9.17) is 23.2 Å². The number of aromatic nitrogens is 1. The average Bonchev–Trinajstić information content (AvgIpc) is 2.54. The van der Waals surface area contributed by atoms with E-state index in [1.165, 1.54) is 19.3 Å². The van der Waals surface area contributed by atoms with E-state index >= 15 is 0 Å². The van der Waals surface area contributed by atoms with E-state index in [9.17, 15) is 0 Å². The predicted molar refractivity (Wildman–Crippen MR) is 79.0 cm³/mol. The molecule has 0 aromatic carbocycles. The number of pyridine rings is 1. The zero-order valence-corrected chi connectivity index (χ0v) is 12.4. The Morgan fingerprint density at radius 2 is 2.06 bits per heavy atom. The van der Waals surface area contributed by atoms with Gasteiger partial charge in [-0.15, -0.1) is 0 Å². The Balaban J connectivity index is 2.26. The van der Waals surface area contributed by atoms with Gasteiger partial charge in [0.1, 0.15) is 11.6 Å². The fourth-order valence-corrected chi connectivity index (χ4v) is 2.90. The Kier molecular flexibility index (Phi) is 4.57. The third-order valence-corrected chi connectivity index (χ3v) is 4.03. The summed E-state index contributed by atoms with van der Waals surface area (Å²) in [7, 11) is 1.82. The number of anilines is 2. The second kappa shape index (κ2) is 5.98. The average molecular weight is 288 g/mol. The van der Waals surface area contributed by atoms with Crippen LogP contribution in [0.1, 0.15) is 26.2 Å². The lowest BCUT2D eigenvalue weighted by Gasteiger charge is -2.23. The highest BCUT2D eigenvalue weighted by atomic mass is 35.5. The molecule has 1 aliphatic rings. The molecule has 0 bridgehead atoms. The third-order valence-electron chi connectivity index (χ3n) is 3.46. The number of hydrogen-bond acceptors (Lipinski definition) is 3. The number of nitrogens with zero attached hydrogens (tertiary/aromatic N) is 2. The van der Waals surface area contributed by atoms with Crippen molar-refractivity contribution in [3.8, 4) is 0 Å². The smallest absolute Gasteiger partial charge is 0.149 e. The minimum absolute atomic E-state index is 0.564. The molecule has 1 unspecified atom stereocenters. The molecular weight excluding hydrogens is 269 g/mol. The van der Waals surface area contributed by atoms with E-state index < -0.39 is 0 Å². The molecule has 5 heteroatoms. The Labute approximate surface area is 118 Å². The van der Waals surface area contributed by atoms with E-state index in [-0.39, 0.29) is 0 Å². The summed E-state index contributed by atoms with van der Waals surface area (Å²) in [5, 5.41) is 4.20. The van der Waals surface area contributed by atoms with Gasteiger partial charge in [-0.3, -0.25) is 0 Å². The van der Waals surface area contributed by atoms with Crippen molar-refractivity contribution < 1.29 is 0 Å². The van der Waals surface area contributed by atoms with E-state index in [2.05, 4.69) is 22.1 Å². The van der Waals surface area contributed by atoms with Gasteiger partial charge in [0.15, 0.2) is 0 Å². The normalized spacial score (nSPS) is 20.7. The van der Waals surface area contributed by atoms with Crippen LogP contribution >= 0.6 is 23.2 Å². The lowest BCUT2D eigenvalue weighted by molar-refractivity contribution is 0.521. The topological polar surface area (TPSA) is 28.2 Å². The van der Waals surface area contributed by atoms with Crippen molar-refractivity contribution in [2.24, 2.45) is 5.92 Å². The summed E-state index contributed by atoms with van der Waals surface area (Å²) in [4.78, 5) is 6.80. The van der Waals surface area contributed by atoms with Crippen LogP contribution in [0.4, 0.5) is 11.6 Å². The van der Waals surface area contributed by atoms with Gasteiger partial charge in [-0.25, -0.2) is 4.98 Å². The summed E-state index contributed by atoms with van der Waals surface area (Å²) in [6.07, 6.45) is 3.66. The van der Waals surface area contributed by atoms with Crippen LogP contribution in [0, 0.1) is 5.92 Å². The van der Waals surface area contributed by atoms with Gasteiger partial charge >= 0.3 is 0 Å². The molecule has 0 amide bonds. The van der Waals surface area contributed by atoms with Crippen molar-refractivity contribution in [1.82, 2.24) is 4.98 Å². The molecule has 2 heterocycles. The lowest BCUT2D eigenvalue weighted by atomic mass is 10.0. The monoisotopic (exact) mass is 287 g/mol. The van der Waals surface area contributed by atoms with Gasteiger partial charge in [-0.1, -0.05) is 30.1 Å². The van der Waals surface area contributed by atoms with E-state index in [0.29, 0.717) is 15.9 Å². The van der Waals surface area contributed by atoms with Gasteiger partial charge in [-0.2, -0.15) is 0 Å².